The highest BCUT2D eigenvalue weighted by Crippen LogP contribution is 2.37. The molecular formula is C25H25ClN4O5. The average molecular weight is 497 g/mol. The number of hydrogen-bond acceptors (Lipinski definition) is 6. The summed E-state index contributed by atoms with van der Waals surface area (Å²) in [6, 6.07) is 13.6. The van der Waals surface area contributed by atoms with Crippen LogP contribution in [0.4, 0.5) is 4.79 Å². The van der Waals surface area contributed by atoms with Gasteiger partial charge in [-0.05, 0) is 37.3 Å². The number of ether oxygens (including phenoxy) is 3. The zero-order valence-electron chi connectivity index (χ0n) is 19.5. The summed E-state index contributed by atoms with van der Waals surface area (Å²) in [5.74, 6) is -0.0454. The van der Waals surface area contributed by atoms with Crippen LogP contribution < -0.4 is 15.4 Å². The highest BCUT2D eigenvalue weighted by atomic mass is 35.5. The van der Waals surface area contributed by atoms with Gasteiger partial charge in [-0.25, -0.2) is 14.3 Å². The Morgan fingerprint density at radius 3 is 2.60 bits per heavy atom. The SMILES string of the molecule is COCCOC(=O)C1=C(C)NC(=O)NC1c1cn(-c2ccccc2)nc1-c1ccc(OC)c(Cl)c1. The largest absolute Gasteiger partial charge is 0.495 e. The molecule has 4 rings (SSSR count). The fourth-order valence-electron chi connectivity index (χ4n) is 3.84. The average Bonchev–Trinajstić information content (AvgIpc) is 3.29. The normalized spacial score (nSPS) is 15.4. The molecule has 2 amide bonds. The molecule has 182 valence electrons. The first kappa shape index (κ1) is 24.3. The van der Waals surface area contributed by atoms with Crippen molar-refractivity contribution in [2.24, 2.45) is 0 Å². The van der Waals surface area contributed by atoms with Crippen LogP contribution in [0.5, 0.6) is 5.75 Å². The molecule has 1 aromatic heterocycles. The summed E-state index contributed by atoms with van der Waals surface area (Å²) in [5.41, 5.74) is 3.31. The maximum absolute atomic E-state index is 13.0. The van der Waals surface area contributed by atoms with E-state index < -0.39 is 18.0 Å². The Kier molecular flexibility index (Phi) is 7.38. The predicted molar refractivity (Wildman–Crippen MR) is 131 cm³/mol. The lowest BCUT2D eigenvalue weighted by atomic mass is 9.93. The first-order valence-electron chi connectivity index (χ1n) is 10.9. The van der Waals surface area contributed by atoms with E-state index in [2.05, 4.69) is 10.6 Å². The summed E-state index contributed by atoms with van der Waals surface area (Å²) < 4.78 is 17.3. The molecule has 2 heterocycles. The van der Waals surface area contributed by atoms with E-state index in [4.69, 9.17) is 30.9 Å². The maximum Gasteiger partial charge on any atom is 0.338 e. The van der Waals surface area contributed by atoms with Crippen molar-refractivity contribution in [1.29, 1.82) is 0 Å². The highest BCUT2D eigenvalue weighted by Gasteiger charge is 2.35. The molecule has 0 saturated heterocycles. The highest BCUT2D eigenvalue weighted by molar-refractivity contribution is 6.32. The van der Waals surface area contributed by atoms with Gasteiger partial charge in [0.1, 0.15) is 12.4 Å². The number of carbonyl (C=O) groups excluding carboxylic acids is 2. The molecule has 2 N–H and O–H groups in total. The molecule has 10 heteroatoms. The van der Waals surface area contributed by atoms with Gasteiger partial charge in [-0.1, -0.05) is 29.8 Å². The number of hydrogen-bond donors (Lipinski definition) is 2. The van der Waals surface area contributed by atoms with E-state index in [0.29, 0.717) is 33.3 Å². The van der Waals surface area contributed by atoms with E-state index in [1.54, 1.807) is 29.9 Å². The number of benzene rings is 2. The van der Waals surface area contributed by atoms with Crippen LogP contribution in [-0.4, -0.2) is 49.2 Å². The Balaban J connectivity index is 1.85. The Hall–Kier alpha value is -3.82. The van der Waals surface area contributed by atoms with Crippen LogP contribution in [0.15, 0.2) is 66.0 Å². The van der Waals surface area contributed by atoms with Crippen molar-refractivity contribution in [2.75, 3.05) is 27.4 Å². The molecule has 3 aromatic rings. The smallest absolute Gasteiger partial charge is 0.338 e. The van der Waals surface area contributed by atoms with Crippen LogP contribution in [0.1, 0.15) is 18.5 Å². The number of urea groups is 1. The van der Waals surface area contributed by atoms with E-state index in [-0.39, 0.29) is 18.8 Å². The maximum atomic E-state index is 13.0. The number of methoxy groups -OCH3 is 2. The molecule has 35 heavy (non-hydrogen) atoms. The van der Waals surface area contributed by atoms with Gasteiger partial charge in [0, 0.05) is 30.1 Å². The number of rotatable bonds is 8. The molecule has 1 atom stereocenters. The molecule has 1 aliphatic heterocycles. The van der Waals surface area contributed by atoms with Crippen molar-refractivity contribution >= 4 is 23.6 Å². The van der Waals surface area contributed by atoms with E-state index in [1.807, 2.05) is 36.4 Å². The van der Waals surface area contributed by atoms with E-state index in [9.17, 15) is 9.59 Å². The Bertz CT molecular complexity index is 1270. The van der Waals surface area contributed by atoms with Crippen LogP contribution >= 0.6 is 11.6 Å². The van der Waals surface area contributed by atoms with Crippen LogP contribution in [0.25, 0.3) is 16.9 Å². The van der Waals surface area contributed by atoms with Gasteiger partial charge in [-0.3, -0.25) is 0 Å². The summed E-state index contributed by atoms with van der Waals surface area (Å²) in [6.45, 7) is 1.99. The van der Waals surface area contributed by atoms with Crippen LogP contribution in [0, 0.1) is 0 Å². The van der Waals surface area contributed by atoms with Gasteiger partial charge in [0.25, 0.3) is 0 Å². The molecule has 0 fully saturated rings. The van der Waals surface area contributed by atoms with Crippen molar-refractivity contribution in [3.8, 4) is 22.7 Å². The van der Waals surface area contributed by atoms with Crippen molar-refractivity contribution in [1.82, 2.24) is 20.4 Å². The number of nitrogens with zero attached hydrogens (tertiary/aromatic N) is 2. The monoisotopic (exact) mass is 496 g/mol. The van der Waals surface area contributed by atoms with Gasteiger partial charge in [0.15, 0.2) is 0 Å². The molecule has 0 aliphatic carbocycles. The van der Waals surface area contributed by atoms with E-state index in [1.165, 1.54) is 14.2 Å². The third kappa shape index (κ3) is 5.16. The van der Waals surface area contributed by atoms with Crippen molar-refractivity contribution < 1.29 is 23.8 Å². The standard InChI is InChI=1S/C25H25ClN4O5/c1-15-21(24(31)35-12-11-33-2)23(28-25(32)27-15)18-14-30(17-7-5-4-6-8-17)29-22(18)16-9-10-20(34-3)19(26)13-16/h4-10,13-14,23H,11-12H2,1-3H3,(H2,27,28,32). The van der Waals surface area contributed by atoms with Gasteiger partial charge in [-0.2, -0.15) is 5.10 Å². The molecular weight excluding hydrogens is 472 g/mol. The minimum atomic E-state index is -0.813. The minimum Gasteiger partial charge on any atom is -0.495 e. The molecule has 1 unspecified atom stereocenters. The number of aromatic nitrogens is 2. The van der Waals surface area contributed by atoms with Gasteiger partial charge in [0.2, 0.25) is 0 Å². The second-order valence-corrected chi connectivity index (χ2v) is 8.17. The summed E-state index contributed by atoms with van der Waals surface area (Å²) in [5, 5.41) is 10.7. The third-order valence-corrected chi connectivity index (χ3v) is 5.80. The van der Waals surface area contributed by atoms with E-state index in [0.717, 1.165) is 5.69 Å². The summed E-state index contributed by atoms with van der Waals surface area (Å²) in [4.78, 5) is 25.5. The lowest BCUT2D eigenvalue weighted by Gasteiger charge is -2.28. The Morgan fingerprint density at radius 1 is 1.14 bits per heavy atom. The van der Waals surface area contributed by atoms with Crippen molar-refractivity contribution in [3.05, 3.63) is 76.6 Å². The Morgan fingerprint density at radius 2 is 1.91 bits per heavy atom. The zero-order valence-corrected chi connectivity index (χ0v) is 20.3. The van der Waals surface area contributed by atoms with Gasteiger partial charge in [-0.15, -0.1) is 0 Å². The predicted octanol–water partition coefficient (Wildman–Crippen LogP) is 4.02. The van der Waals surface area contributed by atoms with Crippen LogP contribution in [0.3, 0.4) is 0 Å². The summed E-state index contributed by atoms with van der Waals surface area (Å²) >= 11 is 6.40. The molecule has 0 radical (unpaired) electrons. The van der Waals surface area contributed by atoms with Crippen molar-refractivity contribution in [3.63, 3.8) is 0 Å². The zero-order chi connectivity index (χ0) is 24.9. The Labute approximate surface area is 207 Å². The second-order valence-electron chi connectivity index (χ2n) is 7.76. The third-order valence-electron chi connectivity index (χ3n) is 5.51. The quantitative estimate of drug-likeness (QED) is 0.360. The summed E-state index contributed by atoms with van der Waals surface area (Å²) in [7, 11) is 3.06. The minimum absolute atomic E-state index is 0.0804. The molecule has 9 nitrogen and oxygen atoms in total. The van der Waals surface area contributed by atoms with Gasteiger partial charge < -0.3 is 24.8 Å². The molecule has 0 saturated carbocycles. The lowest BCUT2D eigenvalue weighted by molar-refractivity contribution is -0.140. The number of esters is 1. The second kappa shape index (κ2) is 10.6. The first-order chi connectivity index (χ1) is 16.9. The van der Waals surface area contributed by atoms with Crippen molar-refractivity contribution in [2.45, 2.75) is 13.0 Å². The van der Waals surface area contributed by atoms with Gasteiger partial charge >= 0.3 is 12.0 Å². The number of nitrogens with one attached hydrogen (secondary N) is 2. The summed E-state index contributed by atoms with van der Waals surface area (Å²) in [6.07, 6.45) is 1.79. The number of allylic oxidation sites excluding steroid dienone is 1. The fraction of sp³-hybridized carbons (Fsp3) is 0.240. The molecule has 0 bridgehead atoms. The molecule has 2 aromatic carbocycles. The number of amides is 2. The van der Waals surface area contributed by atoms with E-state index >= 15 is 0 Å². The topological polar surface area (TPSA) is 104 Å². The molecule has 0 spiro atoms. The van der Waals surface area contributed by atoms with Crippen LogP contribution in [-0.2, 0) is 14.3 Å². The van der Waals surface area contributed by atoms with Crippen LogP contribution in [0.2, 0.25) is 5.02 Å². The number of para-hydroxylation sites is 1. The first-order valence-corrected chi connectivity index (χ1v) is 11.2. The molecule has 1 aliphatic rings. The van der Waals surface area contributed by atoms with Gasteiger partial charge in [0.05, 0.1) is 41.7 Å². The lowest BCUT2D eigenvalue weighted by Crippen LogP contribution is -2.45. The number of carbonyl (C=O) groups is 2. The number of halogens is 1. The fourth-order valence-corrected chi connectivity index (χ4v) is 4.10.